The maximum absolute atomic E-state index is 9.16. The molecular formula is C12H24IN3O. The number of hydrogen-bond donors (Lipinski definition) is 3. The molecule has 100 valence electrons. The van der Waals surface area contributed by atoms with Crippen molar-refractivity contribution in [1.29, 1.82) is 0 Å². The third-order valence-electron chi connectivity index (χ3n) is 3.83. The first-order chi connectivity index (χ1) is 7.85. The van der Waals surface area contributed by atoms with Crippen molar-refractivity contribution in [3.63, 3.8) is 0 Å². The summed E-state index contributed by atoms with van der Waals surface area (Å²) in [4.78, 5) is 4.41. The van der Waals surface area contributed by atoms with Crippen molar-refractivity contribution >= 4 is 29.9 Å². The molecule has 0 aromatic rings. The van der Waals surface area contributed by atoms with Crippen molar-refractivity contribution in [3.8, 4) is 0 Å². The minimum absolute atomic E-state index is 0. The summed E-state index contributed by atoms with van der Waals surface area (Å²) in [6, 6.07) is 0. The van der Waals surface area contributed by atoms with Crippen molar-refractivity contribution in [1.82, 2.24) is 10.6 Å². The van der Waals surface area contributed by atoms with Gasteiger partial charge in [-0.15, -0.1) is 24.0 Å². The number of aliphatic hydroxyl groups excluding tert-OH is 1. The predicted octanol–water partition coefficient (Wildman–Crippen LogP) is 1.49. The zero-order chi connectivity index (χ0) is 11.3. The van der Waals surface area contributed by atoms with Crippen LogP contribution < -0.4 is 10.6 Å². The Labute approximate surface area is 121 Å². The average Bonchev–Trinajstić information content (AvgIpc) is 2.78. The van der Waals surface area contributed by atoms with Crippen molar-refractivity contribution in [2.75, 3.05) is 26.2 Å². The molecule has 0 bridgehead atoms. The summed E-state index contributed by atoms with van der Waals surface area (Å²) >= 11 is 0. The lowest BCUT2D eigenvalue weighted by molar-refractivity contribution is 0.185. The summed E-state index contributed by atoms with van der Waals surface area (Å²) in [5, 5.41) is 15.9. The van der Waals surface area contributed by atoms with Crippen LogP contribution in [0, 0.1) is 5.41 Å². The fraction of sp³-hybridized carbons (Fsp3) is 0.917. The van der Waals surface area contributed by atoms with Crippen LogP contribution in [0.15, 0.2) is 4.99 Å². The number of aliphatic hydroxyl groups is 1. The lowest BCUT2D eigenvalue weighted by atomic mass is 9.83. The van der Waals surface area contributed by atoms with Gasteiger partial charge in [-0.2, -0.15) is 0 Å². The van der Waals surface area contributed by atoms with Crippen LogP contribution in [0.2, 0.25) is 0 Å². The van der Waals surface area contributed by atoms with Gasteiger partial charge >= 0.3 is 0 Å². The molecule has 0 aromatic heterocycles. The summed E-state index contributed by atoms with van der Waals surface area (Å²) in [5.41, 5.74) is 0.316. The van der Waals surface area contributed by atoms with E-state index in [1.54, 1.807) is 0 Å². The SMILES string of the molecule is I.OCCC1(CNC2=NCCCN2)CCCC1. The number of guanidine groups is 1. The number of aliphatic imine (C=N–C) groups is 1. The lowest BCUT2D eigenvalue weighted by Crippen LogP contribution is -2.45. The zero-order valence-corrected chi connectivity index (χ0v) is 12.7. The summed E-state index contributed by atoms with van der Waals surface area (Å²) in [5.74, 6) is 0.954. The zero-order valence-electron chi connectivity index (χ0n) is 10.4. The Bertz CT molecular complexity index is 252. The largest absolute Gasteiger partial charge is 0.396 e. The van der Waals surface area contributed by atoms with Crippen molar-refractivity contribution < 1.29 is 5.11 Å². The quantitative estimate of drug-likeness (QED) is 0.672. The van der Waals surface area contributed by atoms with E-state index in [1.165, 1.54) is 25.7 Å². The highest BCUT2D eigenvalue weighted by Gasteiger charge is 2.33. The summed E-state index contributed by atoms with van der Waals surface area (Å²) in [6.07, 6.45) is 7.16. The molecule has 1 aliphatic heterocycles. The van der Waals surface area contributed by atoms with Gasteiger partial charge in [0.15, 0.2) is 5.96 Å². The minimum Gasteiger partial charge on any atom is -0.396 e. The first kappa shape index (κ1) is 15.0. The molecular weight excluding hydrogens is 329 g/mol. The molecule has 1 heterocycles. The molecule has 0 radical (unpaired) electrons. The van der Waals surface area contributed by atoms with E-state index in [-0.39, 0.29) is 24.0 Å². The van der Waals surface area contributed by atoms with Crippen molar-refractivity contribution in [2.45, 2.75) is 38.5 Å². The molecule has 17 heavy (non-hydrogen) atoms. The Kier molecular flexibility index (Phi) is 6.54. The molecule has 2 rings (SSSR count). The highest BCUT2D eigenvalue weighted by atomic mass is 127. The molecule has 2 aliphatic rings. The molecule has 1 fully saturated rings. The van der Waals surface area contributed by atoms with Gasteiger partial charge in [-0.25, -0.2) is 0 Å². The van der Waals surface area contributed by atoms with E-state index in [9.17, 15) is 0 Å². The van der Waals surface area contributed by atoms with Gasteiger partial charge in [0.2, 0.25) is 0 Å². The Morgan fingerprint density at radius 3 is 2.65 bits per heavy atom. The van der Waals surface area contributed by atoms with Gasteiger partial charge in [-0.1, -0.05) is 12.8 Å². The Morgan fingerprint density at radius 2 is 2.06 bits per heavy atom. The average molecular weight is 353 g/mol. The maximum atomic E-state index is 9.16. The molecule has 0 unspecified atom stereocenters. The fourth-order valence-electron chi connectivity index (χ4n) is 2.80. The number of halogens is 1. The number of nitrogens with zero attached hydrogens (tertiary/aromatic N) is 1. The van der Waals surface area contributed by atoms with Crippen LogP contribution in [-0.4, -0.2) is 37.3 Å². The topological polar surface area (TPSA) is 56.6 Å². The van der Waals surface area contributed by atoms with Gasteiger partial charge in [0.25, 0.3) is 0 Å². The molecule has 3 N–H and O–H groups in total. The molecule has 0 atom stereocenters. The number of rotatable bonds is 4. The van der Waals surface area contributed by atoms with E-state index >= 15 is 0 Å². The van der Waals surface area contributed by atoms with Crippen LogP contribution in [0.4, 0.5) is 0 Å². The second kappa shape index (κ2) is 7.41. The first-order valence-corrected chi connectivity index (χ1v) is 6.48. The van der Waals surface area contributed by atoms with Crippen LogP contribution in [0.3, 0.4) is 0 Å². The van der Waals surface area contributed by atoms with E-state index < -0.39 is 0 Å². The van der Waals surface area contributed by atoms with E-state index in [2.05, 4.69) is 15.6 Å². The Balaban J connectivity index is 0.00000144. The summed E-state index contributed by atoms with van der Waals surface area (Å²) in [6.45, 7) is 3.22. The second-order valence-corrected chi connectivity index (χ2v) is 5.04. The molecule has 5 heteroatoms. The molecule has 0 spiro atoms. The third-order valence-corrected chi connectivity index (χ3v) is 3.83. The smallest absolute Gasteiger partial charge is 0.191 e. The number of nitrogens with one attached hydrogen (secondary N) is 2. The van der Waals surface area contributed by atoms with E-state index in [1.807, 2.05) is 0 Å². The van der Waals surface area contributed by atoms with Gasteiger partial charge in [-0.3, -0.25) is 4.99 Å². The van der Waals surface area contributed by atoms with Crippen molar-refractivity contribution in [3.05, 3.63) is 0 Å². The standard InChI is InChI=1S/C12H23N3O.HI/c16-9-6-12(4-1-2-5-12)10-15-11-13-7-3-8-14-11;/h16H,1-10H2,(H2,13,14,15);1H. The molecule has 0 aromatic carbocycles. The van der Waals surface area contributed by atoms with Gasteiger partial charge in [0.05, 0.1) is 0 Å². The maximum Gasteiger partial charge on any atom is 0.191 e. The van der Waals surface area contributed by atoms with Crippen molar-refractivity contribution in [2.24, 2.45) is 10.4 Å². The lowest BCUT2D eigenvalue weighted by Gasteiger charge is -2.30. The van der Waals surface area contributed by atoms with Crippen LogP contribution in [0.1, 0.15) is 38.5 Å². The fourth-order valence-corrected chi connectivity index (χ4v) is 2.80. The Hall–Kier alpha value is -0.0400. The van der Waals surface area contributed by atoms with Gasteiger partial charge in [0.1, 0.15) is 0 Å². The summed E-state index contributed by atoms with van der Waals surface area (Å²) < 4.78 is 0. The molecule has 1 aliphatic carbocycles. The molecule has 4 nitrogen and oxygen atoms in total. The third kappa shape index (κ3) is 4.28. The van der Waals surface area contributed by atoms with Crippen LogP contribution in [-0.2, 0) is 0 Å². The second-order valence-electron chi connectivity index (χ2n) is 5.04. The van der Waals surface area contributed by atoms with Gasteiger partial charge in [0, 0.05) is 26.2 Å². The van der Waals surface area contributed by atoms with Crippen LogP contribution >= 0.6 is 24.0 Å². The van der Waals surface area contributed by atoms with E-state index in [0.29, 0.717) is 12.0 Å². The Morgan fingerprint density at radius 1 is 1.29 bits per heavy atom. The minimum atomic E-state index is 0. The van der Waals surface area contributed by atoms with Crippen LogP contribution in [0.25, 0.3) is 0 Å². The molecule has 1 saturated carbocycles. The first-order valence-electron chi connectivity index (χ1n) is 6.48. The van der Waals surface area contributed by atoms with Gasteiger partial charge < -0.3 is 15.7 Å². The normalized spacial score (nSPS) is 22.3. The molecule has 0 saturated heterocycles. The highest BCUT2D eigenvalue weighted by molar-refractivity contribution is 14.0. The monoisotopic (exact) mass is 353 g/mol. The van der Waals surface area contributed by atoms with E-state index in [4.69, 9.17) is 5.11 Å². The van der Waals surface area contributed by atoms with E-state index in [0.717, 1.165) is 38.4 Å². The number of hydrogen-bond acceptors (Lipinski definition) is 4. The highest BCUT2D eigenvalue weighted by Crippen LogP contribution is 2.40. The van der Waals surface area contributed by atoms with Gasteiger partial charge in [-0.05, 0) is 31.1 Å². The summed E-state index contributed by atoms with van der Waals surface area (Å²) in [7, 11) is 0. The molecule has 0 amide bonds. The predicted molar refractivity (Wildman–Crippen MR) is 80.9 cm³/mol. The van der Waals surface area contributed by atoms with Crippen LogP contribution in [0.5, 0.6) is 0 Å².